The molecule has 1 unspecified atom stereocenters. The van der Waals surface area contributed by atoms with Crippen molar-refractivity contribution in [1.82, 2.24) is 0 Å². The zero-order valence-corrected chi connectivity index (χ0v) is 9.06. The molecule has 4 nitrogen and oxygen atoms in total. The van der Waals surface area contributed by atoms with Gasteiger partial charge in [0.05, 0.1) is 4.92 Å². The van der Waals surface area contributed by atoms with Crippen LogP contribution in [0.25, 0.3) is 0 Å². The molecule has 0 saturated heterocycles. The zero-order valence-electron chi connectivity index (χ0n) is 9.06. The van der Waals surface area contributed by atoms with E-state index in [1.807, 2.05) is 13.8 Å². The molecule has 0 amide bonds. The molecule has 0 heterocycles. The molecule has 0 aliphatic heterocycles. The molecule has 4 heteroatoms. The van der Waals surface area contributed by atoms with Gasteiger partial charge < -0.3 is 5.73 Å². The highest BCUT2D eigenvalue weighted by molar-refractivity contribution is 5.33. The Kier molecular flexibility index (Phi) is 3.42. The quantitative estimate of drug-likeness (QED) is 0.609. The molecule has 0 spiro atoms. The van der Waals surface area contributed by atoms with Crippen molar-refractivity contribution < 1.29 is 4.92 Å². The molecule has 1 rings (SSSR count). The van der Waals surface area contributed by atoms with Crippen LogP contribution in [-0.2, 0) is 6.42 Å². The van der Waals surface area contributed by atoms with Crippen molar-refractivity contribution in [2.24, 2.45) is 5.73 Å². The molecule has 1 aromatic carbocycles. The number of rotatable bonds is 4. The van der Waals surface area contributed by atoms with Gasteiger partial charge in [0, 0.05) is 17.7 Å². The lowest BCUT2D eigenvalue weighted by Crippen LogP contribution is -2.37. The normalized spacial score (nSPS) is 14.6. The summed E-state index contributed by atoms with van der Waals surface area (Å²) in [6.07, 6.45) is 1.62. The monoisotopic (exact) mass is 208 g/mol. The molecule has 1 aromatic rings. The third-order valence-electron chi connectivity index (χ3n) is 2.56. The van der Waals surface area contributed by atoms with Crippen molar-refractivity contribution in [1.29, 1.82) is 0 Å². The first-order valence-electron chi connectivity index (χ1n) is 4.97. The fraction of sp³-hybridized carbons (Fsp3) is 0.455. The Morgan fingerprint density at radius 1 is 1.40 bits per heavy atom. The average Bonchev–Trinajstić information content (AvgIpc) is 2.18. The van der Waals surface area contributed by atoms with Gasteiger partial charge in [0.1, 0.15) is 0 Å². The highest BCUT2D eigenvalue weighted by Gasteiger charge is 2.16. The van der Waals surface area contributed by atoms with Crippen LogP contribution in [0.1, 0.15) is 25.8 Å². The number of benzene rings is 1. The summed E-state index contributed by atoms with van der Waals surface area (Å²) in [6.45, 7) is 4.01. The zero-order chi connectivity index (χ0) is 11.5. The van der Waals surface area contributed by atoms with Crippen LogP contribution in [-0.4, -0.2) is 10.5 Å². The summed E-state index contributed by atoms with van der Waals surface area (Å²) in [5, 5.41) is 10.4. The third-order valence-corrected chi connectivity index (χ3v) is 2.56. The van der Waals surface area contributed by atoms with E-state index in [4.69, 9.17) is 5.73 Å². The molecule has 0 aliphatic rings. The Morgan fingerprint density at radius 3 is 2.33 bits per heavy atom. The Morgan fingerprint density at radius 2 is 1.93 bits per heavy atom. The molecule has 0 fully saturated rings. The van der Waals surface area contributed by atoms with E-state index in [1.54, 1.807) is 12.1 Å². The van der Waals surface area contributed by atoms with Gasteiger partial charge in [0.15, 0.2) is 0 Å². The lowest BCUT2D eigenvalue weighted by atomic mass is 9.91. The summed E-state index contributed by atoms with van der Waals surface area (Å²) in [5.74, 6) is 0. The predicted octanol–water partition coefficient (Wildman–Crippen LogP) is 2.26. The van der Waals surface area contributed by atoms with E-state index in [0.717, 1.165) is 18.4 Å². The summed E-state index contributed by atoms with van der Waals surface area (Å²) in [7, 11) is 0. The molecule has 82 valence electrons. The number of nitro groups is 1. The smallest absolute Gasteiger partial charge is 0.269 e. The van der Waals surface area contributed by atoms with E-state index in [-0.39, 0.29) is 11.2 Å². The van der Waals surface area contributed by atoms with Gasteiger partial charge in [-0.3, -0.25) is 10.1 Å². The molecule has 0 aromatic heterocycles. The van der Waals surface area contributed by atoms with Gasteiger partial charge in [-0.25, -0.2) is 0 Å². The van der Waals surface area contributed by atoms with E-state index < -0.39 is 4.92 Å². The van der Waals surface area contributed by atoms with E-state index >= 15 is 0 Å². The van der Waals surface area contributed by atoms with Crippen LogP contribution in [0.4, 0.5) is 5.69 Å². The standard InChI is InChI=1S/C11H16N2O2/c1-3-11(2,12)8-9-4-6-10(7-5-9)13(14)15/h4-7H,3,8,12H2,1-2H3. The van der Waals surface area contributed by atoms with Crippen molar-refractivity contribution in [2.75, 3.05) is 0 Å². The number of non-ortho nitro benzene ring substituents is 1. The highest BCUT2D eigenvalue weighted by atomic mass is 16.6. The first kappa shape index (κ1) is 11.7. The fourth-order valence-electron chi connectivity index (χ4n) is 1.33. The van der Waals surface area contributed by atoms with Gasteiger partial charge >= 0.3 is 0 Å². The van der Waals surface area contributed by atoms with Crippen LogP contribution >= 0.6 is 0 Å². The predicted molar refractivity (Wildman–Crippen MR) is 59.7 cm³/mol. The van der Waals surface area contributed by atoms with Crippen LogP contribution in [0.3, 0.4) is 0 Å². The van der Waals surface area contributed by atoms with Gasteiger partial charge in [-0.2, -0.15) is 0 Å². The van der Waals surface area contributed by atoms with Gasteiger partial charge in [-0.05, 0) is 25.3 Å². The number of nitro benzene ring substituents is 1. The lowest BCUT2D eigenvalue weighted by Gasteiger charge is -2.22. The second-order valence-corrected chi connectivity index (χ2v) is 4.11. The molecular weight excluding hydrogens is 192 g/mol. The fourth-order valence-corrected chi connectivity index (χ4v) is 1.33. The van der Waals surface area contributed by atoms with Crippen molar-refractivity contribution in [3.63, 3.8) is 0 Å². The summed E-state index contributed by atoms with van der Waals surface area (Å²) in [4.78, 5) is 10.0. The number of nitrogens with two attached hydrogens (primary N) is 1. The Labute approximate surface area is 89.2 Å². The SMILES string of the molecule is CCC(C)(N)Cc1ccc([N+](=O)[O-])cc1. The van der Waals surface area contributed by atoms with Crippen LogP contribution in [0.5, 0.6) is 0 Å². The second kappa shape index (κ2) is 4.40. The van der Waals surface area contributed by atoms with Crippen LogP contribution < -0.4 is 5.73 Å². The van der Waals surface area contributed by atoms with Crippen LogP contribution in [0, 0.1) is 10.1 Å². The maximum atomic E-state index is 10.4. The first-order chi connectivity index (χ1) is 6.94. The van der Waals surface area contributed by atoms with Gasteiger partial charge in [-0.1, -0.05) is 19.1 Å². The highest BCUT2D eigenvalue weighted by Crippen LogP contribution is 2.17. The van der Waals surface area contributed by atoms with Crippen molar-refractivity contribution >= 4 is 5.69 Å². The number of hydrogen-bond acceptors (Lipinski definition) is 3. The first-order valence-corrected chi connectivity index (χ1v) is 4.97. The Bertz CT molecular complexity index is 344. The molecule has 0 radical (unpaired) electrons. The van der Waals surface area contributed by atoms with E-state index in [2.05, 4.69) is 0 Å². The molecule has 0 aliphatic carbocycles. The van der Waals surface area contributed by atoms with Crippen molar-refractivity contribution in [3.8, 4) is 0 Å². The molecule has 0 bridgehead atoms. The third kappa shape index (κ3) is 3.32. The maximum absolute atomic E-state index is 10.4. The second-order valence-electron chi connectivity index (χ2n) is 4.11. The molecule has 15 heavy (non-hydrogen) atoms. The summed E-state index contributed by atoms with van der Waals surface area (Å²) in [6, 6.07) is 6.56. The van der Waals surface area contributed by atoms with E-state index in [1.165, 1.54) is 12.1 Å². The van der Waals surface area contributed by atoms with E-state index in [0.29, 0.717) is 0 Å². The lowest BCUT2D eigenvalue weighted by molar-refractivity contribution is -0.384. The van der Waals surface area contributed by atoms with Crippen molar-refractivity contribution in [2.45, 2.75) is 32.2 Å². The summed E-state index contributed by atoms with van der Waals surface area (Å²) < 4.78 is 0. The Balaban J connectivity index is 2.77. The summed E-state index contributed by atoms with van der Waals surface area (Å²) >= 11 is 0. The largest absolute Gasteiger partial charge is 0.325 e. The molecule has 1 atom stereocenters. The van der Waals surface area contributed by atoms with Crippen LogP contribution in [0.15, 0.2) is 24.3 Å². The molecular formula is C11H16N2O2. The number of hydrogen-bond donors (Lipinski definition) is 1. The van der Waals surface area contributed by atoms with E-state index in [9.17, 15) is 10.1 Å². The minimum absolute atomic E-state index is 0.119. The topological polar surface area (TPSA) is 69.2 Å². The van der Waals surface area contributed by atoms with Gasteiger partial charge in [0.2, 0.25) is 0 Å². The summed E-state index contributed by atoms with van der Waals surface area (Å²) in [5.41, 5.74) is 6.93. The van der Waals surface area contributed by atoms with Crippen molar-refractivity contribution in [3.05, 3.63) is 39.9 Å². The Hall–Kier alpha value is -1.42. The molecule has 0 saturated carbocycles. The maximum Gasteiger partial charge on any atom is 0.269 e. The van der Waals surface area contributed by atoms with Gasteiger partial charge in [-0.15, -0.1) is 0 Å². The average molecular weight is 208 g/mol. The van der Waals surface area contributed by atoms with Crippen LogP contribution in [0.2, 0.25) is 0 Å². The number of nitrogens with zero attached hydrogens (tertiary/aromatic N) is 1. The molecule has 2 N–H and O–H groups in total. The minimum Gasteiger partial charge on any atom is -0.325 e. The minimum atomic E-state index is -0.398. The van der Waals surface area contributed by atoms with Gasteiger partial charge in [0.25, 0.3) is 5.69 Å².